The highest BCUT2D eigenvalue weighted by molar-refractivity contribution is 7.91. The van der Waals surface area contributed by atoms with E-state index in [1.54, 1.807) is 24.6 Å². The topological polar surface area (TPSA) is 97.2 Å². The van der Waals surface area contributed by atoms with E-state index in [0.29, 0.717) is 17.2 Å². The lowest BCUT2D eigenvalue weighted by atomic mass is 10.1. The molecule has 3 heterocycles. The highest BCUT2D eigenvalue weighted by Gasteiger charge is 2.31. The van der Waals surface area contributed by atoms with Gasteiger partial charge in [-0.15, -0.1) is 16.4 Å². The number of amides is 1. The van der Waals surface area contributed by atoms with E-state index in [9.17, 15) is 13.2 Å². The maximum Gasteiger partial charge on any atom is 0.291 e. The first-order chi connectivity index (χ1) is 11.0. The van der Waals surface area contributed by atoms with Crippen LogP contribution in [-0.4, -0.2) is 52.5 Å². The number of nitrogens with one attached hydrogen (secondary N) is 1. The zero-order chi connectivity index (χ0) is 16.4. The third kappa shape index (κ3) is 3.43. The molecule has 124 valence electrons. The molecule has 8 nitrogen and oxygen atoms in total. The molecule has 2 aromatic heterocycles. The lowest BCUT2D eigenvalue weighted by molar-refractivity contribution is 0.0910. The van der Waals surface area contributed by atoms with Crippen LogP contribution in [0.2, 0.25) is 0 Å². The van der Waals surface area contributed by atoms with Gasteiger partial charge >= 0.3 is 0 Å². The molecule has 0 radical (unpaired) electrons. The predicted molar refractivity (Wildman–Crippen MR) is 84.6 cm³/mol. The minimum absolute atomic E-state index is 0.0886. The first-order valence-corrected chi connectivity index (χ1v) is 9.49. The number of nitrogens with zero attached hydrogens (tertiary/aromatic N) is 4. The van der Waals surface area contributed by atoms with Crippen molar-refractivity contribution in [3.8, 4) is 0 Å². The number of sulfonamides is 1. The van der Waals surface area contributed by atoms with Crippen molar-refractivity contribution in [2.24, 2.45) is 7.05 Å². The maximum absolute atomic E-state index is 12.5. The van der Waals surface area contributed by atoms with Gasteiger partial charge in [0.15, 0.2) is 0 Å². The van der Waals surface area contributed by atoms with Gasteiger partial charge in [0.05, 0.1) is 0 Å². The van der Waals surface area contributed by atoms with Gasteiger partial charge in [-0.2, -0.15) is 4.31 Å². The molecule has 0 aromatic carbocycles. The lowest BCUT2D eigenvalue weighted by Gasteiger charge is -2.31. The summed E-state index contributed by atoms with van der Waals surface area (Å²) in [5.41, 5.74) is 0. The molecule has 0 spiro atoms. The fourth-order valence-corrected chi connectivity index (χ4v) is 5.18. The largest absolute Gasteiger partial charge is 0.345 e. The fraction of sp³-hybridized carbons (Fsp3) is 0.462. The minimum atomic E-state index is -3.48. The van der Waals surface area contributed by atoms with Crippen molar-refractivity contribution in [2.45, 2.75) is 23.1 Å². The van der Waals surface area contributed by atoms with Crippen molar-refractivity contribution in [3.05, 3.63) is 29.7 Å². The monoisotopic (exact) mass is 355 g/mol. The summed E-state index contributed by atoms with van der Waals surface area (Å²) in [6.45, 7) is 0.729. The van der Waals surface area contributed by atoms with Crippen molar-refractivity contribution < 1.29 is 13.2 Å². The Morgan fingerprint density at radius 1 is 1.48 bits per heavy atom. The molecule has 1 atom stereocenters. The summed E-state index contributed by atoms with van der Waals surface area (Å²) in [4.78, 5) is 16.0. The smallest absolute Gasteiger partial charge is 0.291 e. The number of aromatic nitrogens is 3. The van der Waals surface area contributed by atoms with Gasteiger partial charge in [0, 0.05) is 26.2 Å². The van der Waals surface area contributed by atoms with Crippen LogP contribution in [-0.2, 0) is 17.1 Å². The van der Waals surface area contributed by atoms with Crippen molar-refractivity contribution in [2.75, 3.05) is 13.1 Å². The van der Waals surface area contributed by atoms with Crippen molar-refractivity contribution >= 4 is 27.3 Å². The second-order valence-corrected chi connectivity index (χ2v) is 8.46. The zero-order valence-electron chi connectivity index (χ0n) is 12.5. The van der Waals surface area contributed by atoms with Gasteiger partial charge in [-0.1, -0.05) is 6.07 Å². The van der Waals surface area contributed by atoms with Crippen LogP contribution in [0.25, 0.3) is 0 Å². The maximum atomic E-state index is 12.5. The fourth-order valence-electron chi connectivity index (χ4n) is 2.51. The van der Waals surface area contributed by atoms with Gasteiger partial charge in [-0.3, -0.25) is 9.48 Å². The average molecular weight is 355 g/mol. The average Bonchev–Trinajstić information content (AvgIpc) is 3.19. The van der Waals surface area contributed by atoms with Crippen LogP contribution < -0.4 is 5.32 Å². The molecule has 1 fully saturated rings. The normalized spacial score (nSPS) is 19.6. The van der Waals surface area contributed by atoms with Crippen LogP contribution >= 0.6 is 11.3 Å². The van der Waals surface area contributed by atoms with Gasteiger partial charge in [0.25, 0.3) is 15.9 Å². The Hall–Kier alpha value is -1.78. The van der Waals surface area contributed by atoms with Gasteiger partial charge in [-0.05, 0) is 24.3 Å². The molecule has 1 amide bonds. The summed E-state index contributed by atoms with van der Waals surface area (Å²) in [6, 6.07) is 3.07. The Balaban J connectivity index is 1.68. The number of hydrogen-bond acceptors (Lipinski definition) is 6. The molecule has 2 aromatic rings. The summed E-state index contributed by atoms with van der Waals surface area (Å²) in [5, 5.41) is 8.50. The number of thiophene rings is 1. The van der Waals surface area contributed by atoms with E-state index in [0.717, 1.165) is 6.42 Å². The Kier molecular flexibility index (Phi) is 4.46. The molecule has 1 N–H and O–H groups in total. The van der Waals surface area contributed by atoms with E-state index in [4.69, 9.17) is 0 Å². The molecule has 0 unspecified atom stereocenters. The second-order valence-electron chi connectivity index (χ2n) is 5.35. The van der Waals surface area contributed by atoms with E-state index in [1.165, 1.54) is 26.7 Å². The van der Waals surface area contributed by atoms with Crippen molar-refractivity contribution in [1.82, 2.24) is 24.4 Å². The van der Waals surface area contributed by atoms with E-state index in [2.05, 4.69) is 15.4 Å². The third-order valence-corrected chi connectivity index (χ3v) is 6.85. The molecule has 10 heteroatoms. The van der Waals surface area contributed by atoms with E-state index < -0.39 is 10.0 Å². The van der Waals surface area contributed by atoms with Gasteiger partial charge in [0.1, 0.15) is 10.5 Å². The standard InChI is InChI=1S/C13H17N5O3S2/c1-17-9-14-12(16-17)13(19)15-10-4-2-6-18(8-10)23(20,21)11-5-3-7-22-11/h3,5,7,9-10H,2,4,6,8H2,1H3,(H,15,19)/t10-/m1/s1. The van der Waals surface area contributed by atoms with Gasteiger partial charge in [-0.25, -0.2) is 13.4 Å². The molecule has 0 bridgehead atoms. The summed E-state index contributed by atoms with van der Waals surface area (Å²) < 4.78 is 28.3. The number of hydrogen-bond donors (Lipinski definition) is 1. The van der Waals surface area contributed by atoms with Gasteiger partial charge < -0.3 is 5.32 Å². The van der Waals surface area contributed by atoms with Gasteiger partial charge in [0.2, 0.25) is 5.82 Å². The molecule has 0 saturated carbocycles. The van der Waals surface area contributed by atoms with E-state index in [1.807, 2.05) is 0 Å². The van der Waals surface area contributed by atoms with Crippen LogP contribution in [0.5, 0.6) is 0 Å². The van der Waals surface area contributed by atoms with E-state index in [-0.39, 0.29) is 24.3 Å². The SMILES string of the molecule is Cn1cnc(C(=O)N[C@@H]2CCCN(S(=O)(=O)c3cccs3)C2)n1. The van der Waals surface area contributed by atoms with Crippen LogP contribution in [0.15, 0.2) is 28.0 Å². The quantitative estimate of drug-likeness (QED) is 0.859. The number of carbonyl (C=O) groups excluding carboxylic acids is 1. The summed E-state index contributed by atoms with van der Waals surface area (Å²) >= 11 is 1.20. The summed E-state index contributed by atoms with van der Waals surface area (Å²) in [6.07, 6.45) is 2.88. The highest BCUT2D eigenvalue weighted by atomic mass is 32.2. The molecule has 3 rings (SSSR count). The minimum Gasteiger partial charge on any atom is -0.345 e. The Morgan fingerprint density at radius 2 is 2.30 bits per heavy atom. The Morgan fingerprint density at radius 3 is 2.96 bits per heavy atom. The van der Waals surface area contributed by atoms with E-state index >= 15 is 0 Å². The first kappa shape index (κ1) is 16.1. The molecule has 1 aliphatic heterocycles. The predicted octanol–water partition coefficient (Wildman–Crippen LogP) is 0.460. The molecule has 1 aliphatic rings. The number of aryl methyl sites for hydroxylation is 1. The van der Waals surface area contributed by atoms with Crippen LogP contribution in [0.4, 0.5) is 0 Å². The molecule has 1 saturated heterocycles. The molecule has 23 heavy (non-hydrogen) atoms. The summed E-state index contributed by atoms with van der Waals surface area (Å²) in [5.74, 6) is -0.295. The first-order valence-electron chi connectivity index (χ1n) is 7.17. The van der Waals surface area contributed by atoms with Crippen molar-refractivity contribution in [3.63, 3.8) is 0 Å². The zero-order valence-corrected chi connectivity index (χ0v) is 14.2. The van der Waals surface area contributed by atoms with Crippen LogP contribution in [0, 0.1) is 0 Å². The number of rotatable bonds is 4. The lowest BCUT2D eigenvalue weighted by Crippen LogP contribution is -2.49. The Bertz CT molecular complexity index is 784. The molecule has 0 aliphatic carbocycles. The number of piperidine rings is 1. The van der Waals surface area contributed by atoms with Crippen LogP contribution in [0.1, 0.15) is 23.5 Å². The Labute approximate surface area is 138 Å². The molecular formula is C13H17N5O3S2. The van der Waals surface area contributed by atoms with Crippen molar-refractivity contribution in [1.29, 1.82) is 0 Å². The second kappa shape index (κ2) is 6.38. The van der Waals surface area contributed by atoms with Crippen LogP contribution in [0.3, 0.4) is 0 Å². The summed E-state index contributed by atoms with van der Waals surface area (Å²) in [7, 11) is -1.80. The number of carbonyl (C=O) groups is 1. The highest BCUT2D eigenvalue weighted by Crippen LogP contribution is 2.24. The molecular weight excluding hydrogens is 338 g/mol. The third-order valence-electron chi connectivity index (χ3n) is 3.61.